The number of hydrogen-bond donors (Lipinski definition) is 4. The van der Waals surface area contributed by atoms with Crippen LogP contribution in [0.4, 0.5) is 16.2 Å². The van der Waals surface area contributed by atoms with Crippen molar-refractivity contribution in [3.05, 3.63) is 52.9 Å². The third kappa shape index (κ3) is 5.98. The lowest BCUT2D eigenvalue weighted by Gasteiger charge is -2.19. The number of thioether (sulfide) groups is 1. The van der Waals surface area contributed by atoms with Crippen molar-refractivity contribution in [1.82, 2.24) is 5.32 Å². The standard InChI is InChI=1S/C24H28N4O4S3/c1-13-6-8-15(11-17(13)16-9-7-14(25)10-18(16)26)35(30,31)20-12-19(34-22(20)33-5)21(27)28-23(29)32-24(2,3)4/h6-12H,25-26H2,1-5H3,(H2,27,28,29). The maximum absolute atomic E-state index is 13.7. The monoisotopic (exact) mass is 532 g/mol. The number of nitrogens with one attached hydrogen (secondary N) is 2. The number of hydrogen-bond acceptors (Lipinski definition) is 9. The third-order valence-electron chi connectivity index (χ3n) is 4.90. The molecule has 0 spiro atoms. The van der Waals surface area contributed by atoms with Crippen LogP contribution in [0.5, 0.6) is 0 Å². The first-order valence-electron chi connectivity index (χ1n) is 10.5. The van der Waals surface area contributed by atoms with Crippen molar-refractivity contribution in [1.29, 1.82) is 5.41 Å². The van der Waals surface area contributed by atoms with Crippen LogP contribution in [0.1, 0.15) is 31.2 Å². The predicted octanol–water partition coefficient (Wildman–Crippen LogP) is 5.29. The number of amidine groups is 1. The van der Waals surface area contributed by atoms with Crippen LogP contribution in [-0.2, 0) is 14.6 Å². The average Bonchev–Trinajstić information content (AvgIpc) is 3.18. The molecule has 0 aliphatic heterocycles. The highest BCUT2D eigenvalue weighted by Gasteiger charge is 2.27. The third-order valence-corrected chi connectivity index (χ3v) is 9.22. The SMILES string of the molecule is CSc1sc(C(=N)NC(=O)OC(C)(C)C)cc1S(=O)(=O)c1ccc(C)c(-c2ccc(N)cc2N)c1. The second-order valence-electron chi connectivity index (χ2n) is 8.80. The molecule has 0 fully saturated rings. The number of benzene rings is 2. The van der Waals surface area contributed by atoms with Gasteiger partial charge in [0.1, 0.15) is 11.4 Å². The van der Waals surface area contributed by atoms with Gasteiger partial charge >= 0.3 is 6.09 Å². The van der Waals surface area contributed by atoms with E-state index in [0.717, 1.165) is 16.9 Å². The summed E-state index contributed by atoms with van der Waals surface area (Å²) in [5.74, 6) is -0.236. The Morgan fingerprint density at radius 3 is 2.37 bits per heavy atom. The van der Waals surface area contributed by atoms with Gasteiger partial charge in [-0.05, 0) is 75.4 Å². The highest BCUT2D eigenvalue weighted by molar-refractivity contribution is 8.01. The minimum atomic E-state index is -3.94. The van der Waals surface area contributed by atoms with Gasteiger partial charge in [-0.15, -0.1) is 23.1 Å². The number of alkyl carbamates (subject to hydrolysis) is 1. The average molecular weight is 533 g/mol. The summed E-state index contributed by atoms with van der Waals surface area (Å²) in [5, 5.41) is 10.6. The van der Waals surface area contributed by atoms with Crippen molar-refractivity contribution in [2.24, 2.45) is 0 Å². The minimum absolute atomic E-state index is 0.0702. The van der Waals surface area contributed by atoms with Crippen LogP contribution >= 0.6 is 23.1 Å². The number of carbonyl (C=O) groups is 1. The molecule has 35 heavy (non-hydrogen) atoms. The van der Waals surface area contributed by atoms with Gasteiger partial charge in [0.05, 0.1) is 18.9 Å². The van der Waals surface area contributed by atoms with Gasteiger partial charge < -0.3 is 16.2 Å². The smallest absolute Gasteiger partial charge is 0.413 e. The minimum Gasteiger partial charge on any atom is -0.444 e. The van der Waals surface area contributed by atoms with Crippen LogP contribution in [0, 0.1) is 12.3 Å². The second kappa shape index (κ2) is 9.92. The fraction of sp³-hybridized carbons (Fsp3) is 0.250. The number of carbonyl (C=O) groups excluding carboxylic acids is 1. The first kappa shape index (κ1) is 26.6. The maximum Gasteiger partial charge on any atom is 0.413 e. The topological polar surface area (TPSA) is 148 Å². The number of sulfone groups is 1. The molecule has 2 aromatic carbocycles. The Morgan fingerprint density at radius 1 is 1.09 bits per heavy atom. The van der Waals surface area contributed by atoms with Crippen LogP contribution in [0.3, 0.4) is 0 Å². The zero-order valence-corrected chi connectivity index (χ0v) is 22.5. The fourth-order valence-corrected chi connectivity index (χ4v) is 7.22. The largest absolute Gasteiger partial charge is 0.444 e. The molecule has 0 aliphatic carbocycles. The summed E-state index contributed by atoms with van der Waals surface area (Å²) in [5.41, 5.74) is 14.4. The van der Waals surface area contributed by atoms with Gasteiger partial charge in [0.2, 0.25) is 9.84 Å². The van der Waals surface area contributed by atoms with E-state index >= 15 is 0 Å². The zero-order chi connectivity index (χ0) is 26.1. The van der Waals surface area contributed by atoms with Gasteiger partial charge in [-0.2, -0.15) is 0 Å². The number of amides is 1. The molecule has 0 saturated heterocycles. The quantitative estimate of drug-likeness (QED) is 0.151. The summed E-state index contributed by atoms with van der Waals surface area (Å²) >= 11 is 2.37. The first-order chi connectivity index (χ1) is 16.2. The molecule has 0 unspecified atom stereocenters. The predicted molar refractivity (Wildman–Crippen MR) is 143 cm³/mol. The lowest BCUT2D eigenvalue weighted by atomic mass is 9.99. The Labute approximate surface area is 213 Å². The van der Waals surface area contributed by atoms with E-state index in [1.54, 1.807) is 63.4 Å². The molecule has 3 rings (SSSR count). The Kier molecular flexibility index (Phi) is 7.53. The van der Waals surface area contributed by atoms with E-state index in [1.165, 1.54) is 17.8 Å². The van der Waals surface area contributed by atoms with Gasteiger partial charge in [0.25, 0.3) is 0 Å². The summed E-state index contributed by atoms with van der Waals surface area (Å²) in [6, 6.07) is 11.4. The van der Waals surface area contributed by atoms with E-state index in [2.05, 4.69) is 5.32 Å². The van der Waals surface area contributed by atoms with Crippen LogP contribution in [0.25, 0.3) is 11.1 Å². The van der Waals surface area contributed by atoms with Gasteiger partial charge in [0, 0.05) is 16.9 Å². The number of ether oxygens (including phenoxy) is 1. The number of aryl methyl sites for hydroxylation is 1. The summed E-state index contributed by atoms with van der Waals surface area (Å²) < 4.78 is 33.0. The summed E-state index contributed by atoms with van der Waals surface area (Å²) in [7, 11) is -3.94. The molecule has 3 aromatic rings. The van der Waals surface area contributed by atoms with E-state index in [-0.39, 0.29) is 15.6 Å². The second-order valence-corrected chi connectivity index (χ2v) is 12.8. The van der Waals surface area contributed by atoms with Crippen molar-refractivity contribution in [3.8, 4) is 11.1 Å². The summed E-state index contributed by atoms with van der Waals surface area (Å²) in [6.07, 6.45) is 0.977. The number of anilines is 2. The molecule has 11 heteroatoms. The first-order valence-corrected chi connectivity index (χ1v) is 14.0. The van der Waals surface area contributed by atoms with E-state index in [0.29, 0.717) is 31.6 Å². The van der Waals surface area contributed by atoms with Crippen LogP contribution in [0.2, 0.25) is 0 Å². The van der Waals surface area contributed by atoms with Crippen molar-refractivity contribution in [2.75, 3.05) is 17.7 Å². The molecule has 0 aliphatic rings. The lowest BCUT2D eigenvalue weighted by molar-refractivity contribution is 0.0563. The fourth-order valence-electron chi connectivity index (χ4n) is 3.29. The molecule has 0 radical (unpaired) electrons. The number of rotatable bonds is 5. The van der Waals surface area contributed by atoms with E-state index < -0.39 is 21.5 Å². The maximum atomic E-state index is 13.7. The van der Waals surface area contributed by atoms with Crippen molar-refractivity contribution in [3.63, 3.8) is 0 Å². The Bertz CT molecular complexity index is 1410. The molecule has 1 aromatic heterocycles. The highest BCUT2D eigenvalue weighted by atomic mass is 32.2. The van der Waals surface area contributed by atoms with Crippen LogP contribution < -0.4 is 16.8 Å². The van der Waals surface area contributed by atoms with Gasteiger partial charge in [0.15, 0.2) is 0 Å². The Hall–Kier alpha value is -3.02. The Morgan fingerprint density at radius 2 is 1.77 bits per heavy atom. The van der Waals surface area contributed by atoms with Crippen LogP contribution in [-0.4, -0.2) is 32.2 Å². The van der Waals surface area contributed by atoms with Crippen molar-refractivity contribution >= 4 is 56.2 Å². The molecule has 0 saturated carbocycles. The number of nitrogen functional groups attached to an aromatic ring is 2. The molecule has 1 amide bonds. The van der Waals surface area contributed by atoms with Crippen molar-refractivity contribution in [2.45, 2.75) is 47.3 Å². The molecular weight excluding hydrogens is 504 g/mol. The summed E-state index contributed by atoms with van der Waals surface area (Å²) in [4.78, 5) is 12.5. The highest BCUT2D eigenvalue weighted by Crippen LogP contribution is 2.39. The molecule has 0 atom stereocenters. The Balaban J connectivity index is 2.00. The lowest BCUT2D eigenvalue weighted by Crippen LogP contribution is -2.36. The number of nitrogens with two attached hydrogens (primary N) is 2. The molecule has 0 bridgehead atoms. The van der Waals surface area contributed by atoms with Gasteiger partial charge in [-0.25, -0.2) is 13.2 Å². The molecule has 1 heterocycles. The van der Waals surface area contributed by atoms with Gasteiger partial charge in [-0.1, -0.05) is 12.1 Å². The van der Waals surface area contributed by atoms with E-state index in [4.69, 9.17) is 21.6 Å². The van der Waals surface area contributed by atoms with E-state index in [9.17, 15) is 13.2 Å². The van der Waals surface area contributed by atoms with Crippen LogP contribution in [0.15, 0.2) is 56.5 Å². The van der Waals surface area contributed by atoms with Gasteiger partial charge in [-0.3, -0.25) is 10.7 Å². The molecular formula is C24H28N4O4S3. The zero-order valence-electron chi connectivity index (χ0n) is 20.1. The molecule has 8 nitrogen and oxygen atoms in total. The molecule has 186 valence electrons. The molecule has 6 N–H and O–H groups in total. The van der Waals surface area contributed by atoms with Crippen molar-refractivity contribution < 1.29 is 17.9 Å². The normalized spacial score (nSPS) is 11.8. The number of thiophene rings is 1. The van der Waals surface area contributed by atoms with E-state index in [1.807, 2.05) is 6.92 Å². The summed E-state index contributed by atoms with van der Waals surface area (Å²) in [6.45, 7) is 7.02.